The fourth-order valence-electron chi connectivity index (χ4n) is 1.74. The Kier molecular flexibility index (Phi) is 3.90. The Balaban J connectivity index is 2.23. The molecule has 0 N–H and O–H groups in total. The molecule has 2 rings (SSSR count). The van der Waals surface area contributed by atoms with E-state index < -0.39 is 10.0 Å². The van der Waals surface area contributed by atoms with Gasteiger partial charge in [-0.15, -0.1) is 0 Å². The second-order valence-corrected chi connectivity index (χ2v) is 7.21. The van der Waals surface area contributed by atoms with Gasteiger partial charge in [-0.1, -0.05) is 22.9 Å². The molecule has 3 nitrogen and oxygen atoms in total. The van der Waals surface area contributed by atoms with Crippen LogP contribution in [-0.4, -0.2) is 25.8 Å². The Hall–Kier alpha value is -0.390. The van der Waals surface area contributed by atoms with Crippen LogP contribution in [0.3, 0.4) is 0 Å². The smallest absolute Gasteiger partial charge is 0.207 e. The summed E-state index contributed by atoms with van der Waals surface area (Å²) in [6, 6.07) is 6.82. The van der Waals surface area contributed by atoms with E-state index in [9.17, 15) is 8.42 Å². The lowest BCUT2D eigenvalue weighted by Crippen LogP contribution is -2.32. The summed E-state index contributed by atoms with van der Waals surface area (Å²) in [4.78, 5) is 0.378. The number of rotatable bonds is 5. The van der Waals surface area contributed by atoms with Crippen molar-refractivity contribution < 1.29 is 8.42 Å². The third-order valence-electron chi connectivity index (χ3n) is 2.96. The van der Waals surface area contributed by atoms with Gasteiger partial charge in [0.2, 0.25) is 10.0 Å². The second-order valence-electron chi connectivity index (χ2n) is 4.35. The first-order chi connectivity index (χ1) is 8.04. The van der Waals surface area contributed by atoms with Gasteiger partial charge in [0.1, 0.15) is 0 Å². The molecule has 0 radical (unpaired) electrons. The van der Waals surface area contributed by atoms with Crippen molar-refractivity contribution in [3.8, 4) is 0 Å². The molecule has 1 fully saturated rings. The third kappa shape index (κ3) is 3.09. The zero-order valence-corrected chi connectivity index (χ0v) is 12.2. The van der Waals surface area contributed by atoms with Gasteiger partial charge in [0.05, 0.1) is 4.90 Å². The molecule has 0 aromatic heterocycles. The van der Waals surface area contributed by atoms with Gasteiger partial charge < -0.3 is 0 Å². The van der Waals surface area contributed by atoms with Crippen LogP contribution >= 0.6 is 15.9 Å². The summed E-state index contributed by atoms with van der Waals surface area (Å²) >= 11 is 3.31. The molecule has 0 heterocycles. The van der Waals surface area contributed by atoms with Crippen LogP contribution in [0.15, 0.2) is 33.6 Å². The molecule has 0 unspecified atom stereocenters. The van der Waals surface area contributed by atoms with Gasteiger partial charge in [-0.25, -0.2) is 8.42 Å². The molecule has 1 saturated carbocycles. The van der Waals surface area contributed by atoms with E-state index in [0.29, 0.717) is 23.9 Å². The highest BCUT2D eigenvalue weighted by atomic mass is 79.9. The molecule has 0 aliphatic heterocycles. The molecule has 0 saturated heterocycles. The Bertz CT molecular complexity index is 480. The van der Waals surface area contributed by atoms with Gasteiger partial charge in [-0.05, 0) is 43.0 Å². The van der Waals surface area contributed by atoms with Gasteiger partial charge in [-0.3, -0.25) is 0 Å². The van der Waals surface area contributed by atoms with Crippen molar-refractivity contribution >= 4 is 26.0 Å². The molecule has 1 aliphatic carbocycles. The van der Waals surface area contributed by atoms with E-state index in [1.807, 2.05) is 6.92 Å². The Morgan fingerprint density at radius 3 is 2.35 bits per heavy atom. The Morgan fingerprint density at radius 2 is 1.88 bits per heavy atom. The van der Waals surface area contributed by atoms with Crippen molar-refractivity contribution in [1.29, 1.82) is 0 Å². The maximum Gasteiger partial charge on any atom is 0.243 e. The maximum absolute atomic E-state index is 12.3. The fraction of sp³-hybridized carbons (Fsp3) is 0.500. The Morgan fingerprint density at radius 1 is 1.29 bits per heavy atom. The van der Waals surface area contributed by atoms with Crippen LogP contribution in [0.1, 0.15) is 19.8 Å². The van der Waals surface area contributed by atoms with Crippen LogP contribution in [0.2, 0.25) is 0 Å². The number of sulfonamides is 1. The summed E-state index contributed by atoms with van der Waals surface area (Å²) in [6.07, 6.45) is 2.32. The first-order valence-corrected chi connectivity index (χ1v) is 8.03. The summed E-state index contributed by atoms with van der Waals surface area (Å²) in [7, 11) is -3.31. The van der Waals surface area contributed by atoms with E-state index in [0.717, 1.165) is 17.3 Å². The highest BCUT2D eigenvalue weighted by Crippen LogP contribution is 2.31. The topological polar surface area (TPSA) is 37.4 Å². The molecule has 0 bridgehead atoms. The number of halogens is 1. The average Bonchev–Trinajstić information content (AvgIpc) is 3.10. The quantitative estimate of drug-likeness (QED) is 0.837. The number of hydrogen-bond donors (Lipinski definition) is 0. The lowest BCUT2D eigenvalue weighted by Gasteiger charge is -2.20. The third-order valence-corrected chi connectivity index (χ3v) is 5.45. The highest BCUT2D eigenvalue weighted by Gasteiger charge is 2.30. The van der Waals surface area contributed by atoms with Gasteiger partial charge in [0.15, 0.2) is 0 Å². The first-order valence-electron chi connectivity index (χ1n) is 5.79. The van der Waals surface area contributed by atoms with Crippen LogP contribution in [0.25, 0.3) is 0 Å². The summed E-state index contributed by atoms with van der Waals surface area (Å²) in [5.41, 5.74) is 0. The summed E-state index contributed by atoms with van der Waals surface area (Å²) in [5.74, 6) is 0.570. The zero-order chi connectivity index (χ0) is 12.5. The van der Waals surface area contributed by atoms with Crippen molar-refractivity contribution in [2.45, 2.75) is 24.7 Å². The predicted octanol–water partition coefficient (Wildman–Crippen LogP) is 2.87. The molecular formula is C12H16BrNO2S. The van der Waals surface area contributed by atoms with Crippen molar-refractivity contribution in [1.82, 2.24) is 4.31 Å². The van der Waals surface area contributed by atoms with E-state index in [1.165, 1.54) is 0 Å². The first kappa shape index (κ1) is 13.1. The largest absolute Gasteiger partial charge is 0.243 e. The monoisotopic (exact) mass is 317 g/mol. The fourth-order valence-corrected chi connectivity index (χ4v) is 3.53. The number of hydrogen-bond acceptors (Lipinski definition) is 2. The predicted molar refractivity (Wildman–Crippen MR) is 71.3 cm³/mol. The molecule has 0 spiro atoms. The standard InChI is InChI=1S/C12H16BrNO2S/c1-2-14(9-10-3-4-10)17(15,16)12-7-5-11(13)6-8-12/h5-8,10H,2-4,9H2,1H3. The molecule has 17 heavy (non-hydrogen) atoms. The lowest BCUT2D eigenvalue weighted by atomic mass is 10.4. The van der Waals surface area contributed by atoms with Gasteiger partial charge >= 0.3 is 0 Å². The minimum Gasteiger partial charge on any atom is -0.207 e. The minimum atomic E-state index is -3.31. The zero-order valence-electron chi connectivity index (χ0n) is 9.77. The molecule has 1 aromatic rings. The number of benzene rings is 1. The molecule has 94 valence electrons. The minimum absolute atomic E-state index is 0.378. The van der Waals surface area contributed by atoms with Gasteiger partial charge in [-0.2, -0.15) is 4.31 Å². The molecule has 0 amide bonds. The van der Waals surface area contributed by atoms with Crippen LogP contribution < -0.4 is 0 Å². The van der Waals surface area contributed by atoms with Crippen LogP contribution in [0.4, 0.5) is 0 Å². The molecule has 1 aliphatic rings. The molecular weight excluding hydrogens is 302 g/mol. The van der Waals surface area contributed by atoms with E-state index in [1.54, 1.807) is 28.6 Å². The van der Waals surface area contributed by atoms with E-state index >= 15 is 0 Å². The van der Waals surface area contributed by atoms with Crippen molar-refractivity contribution in [3.05, 3.63) is 28.7 Å². The van der Waals surface area contributed by atoms with Crippen molar-refractivity contribution in [3.63, 3.8) is 0 Å². The molecule has 0 atom stereocenters. The number of nitrogens with zero attached hydrogens (tertiary/aromatic N) is 1. The average molecular weight is 318 g/mol. The van der Waals surface area contributed by atoms with Gasteiger partial charge in [0.25, 0.3) is 0 Å². The summed E-state index contributed by atoms with van der Waals surface area (Å²) in [6.45, 7) is 3.09. The van der Waals surface area contributed by atoms with E-state index in [2.05, 4.69) is 15.9 Å². The van der Waals surface area contributed by atoms with E-state index in [-0.39, 0.29) is 0 Å². The van der Waals surface area contributed by atoms with Crippen molar-refractivity contribution in [2.24, 2.45) is 5.92 Å². The van der Waals surface area contributed by atoms with E-state index in [4.69, 9.17) is 0 Å². The molecule has 1 aromatic carbocycles. The summed E-state index contributed by atoms with van der Waals surface area (Å²) < 4.78 is 27.2. The second kappa shape index (κ2) is 5.08. The maximum atomic E-state index is 12.3. The highest BCUT2D eigenvalue weighted by molar-refractivity contribution is 9.10. The lowest BCUT2D eigenvalue weighted by molar-refractivity contribution is 0.412. The van der Waals surface area contributed by atoms with Crippen LogP contribution in [0.5, 0.6) is 0 Å². The van der Waals surface area contributed by atoms with Crippen LogP contribution in [-0.2, 0) is 10.0 Å². The Labute approximate surface area is 111 Å². The van der Waals surface area contributed by atoms with Gasteiger partial charge in [0, 0.05) is 17.6 Å². The SMILES string of the molecule is CCN(CC1CC1)S(=O)(=O)c1ccc(Br)cc1. The normalized spacial score (nSPS) is 16.4. The van der Waals surface area contributed by atoms with Crippen molar-refractivity contribution in [2.75, 3.05) is 13.1 Å². The summed E-state index contributed by atoms with van der Waals surface area (Å²) in [5, 5.41) is 0. The van der Waals surface area contributed by atoms with Crippen LogP contribution in [0, 0.1) is 5.92 Å². The molecule has 5 heteroatoms.